The van der Waals surface area contributed by atoms with E-state index in [9.17, 15) is 14.4 Å². The van der Waals surface area contributed by atoms with Crippen LogP contribution < -0.4 is 9.64 Å². The van der Waals surface area contributed by atoms with E-state index in [0.29, 0.717) is 11.4 Å². The van der Waals surface area contributed by atoms with Gasteiger partial charge in [-0.15, -0.1) is 0 Å². The molecule has 30 heavy (non-hydrogen) atoms. The highest BCUT2D eigenvalue weighted by Crippen LogP contribution is 2.42. The Morgan fingerprint density at radius 3 is 2.47 bits per heavy atom. The molecule has 2 amide bonds. The number of hydrogen-bond donors (Lipinski definition) is 0. The summed E-state index contributed by atoms with van der Waals surface area (Å²) in [6, 6.07) is 10.5. The summed E-state index contributed by atoms with van der Waals surface area (Å²) in [5, 5.41) is 6.46. The standard InChI is InChI=1S/C19H13N7O4/c20-24-22-17(28)13-4-2-1-3-12(13)16(27)10-5-8-15-14(9-10)26(11-6-7-11)19(29)18(30-15)23-25-21/h1-5,8-9,11,18H,6-7H2. The van der Waals surface area contributed by atoms with Crippen LogP contribution in [0.15, 0.2) is 52.7 Å². The summed E-state index contributed by atoms with van der Waals surface area (Å²) in [6.45, 7) is 0. The molecule has 1 atom stereocenters. The number of ether oxygens (including phenoxy) is 1. The molecule has 0 N–H and O–H groups in total. The van der Waals surface area contributed by atoms with Crippen LogP contribution in [0.2, 0.25) is 0 Å². The molecule has 1 unspecified atom stereocenters. The lowest BCUT2D eigenvalue weighted by Gasteiger charge is -2.33. The fraction of sp³-hybridized carbons (Fsp3) is 0.211. The van der Waals surface area contributed by atoms with E-state index in [-0.39, 0.29) is 22.7 Å². The maximum atomic E-state index is 13.1. The first kappa shape index (κ1) is 19.0. The van der Waals surface area contributed by atoms with Gasteiger partial charge in [0.05, 0.1) is 5.69 Å². The van der Waals surface area contributed by atoms with Crippen molar-refractivity contribution < 1.29 is 19.1 Å². The normalized spacial score (nSPS) is 17.1. The molecule has 1 aliphatic carbocycles. The van der Waals surface area contributed by atoms with Gasteiger partial charge >= 0.3 is 0 Å². The highest BCUT2D eigenvalue weighted by molar-refractivity contribution is 6.16. The van der Waals surface area contributed by atoms with Gasteiger partial charge < -0.3 is 9.64 Å². The highest BCUT2D eigenvalue weighted by atomic mass is 16.5. The van der Waals surface area contributed by atoms with Crippen molar-refractivity contribution in [3.63, 3.8) is 0 Å². The molecule has 0 aromatic heterocycles. The molecule has 2 aromatic rings. The minimum atomic E-state index is -1.30. The van der Waals surface area contributed by atoms with Gasteiger partial charge in [0.25, 0.3) is 12.1 Å². The van der Waals surface area contributed by atoms with Gasteiger partial charge in [-0.1, -0.05) is 24.3 Å². The molecule has 0 saturated heterocycles. The van der Waals surface area contributed by atoms with Gasteiger partial charge in [-0.05, 0) is 52.3 Å². The van der Waals surface area contributed by atoms with Crippen molar-refractivity contribution in [2.75, 3.05) is 4.90 Å². The molecule has 2 aliphatic rings. The number of carbonyl (C=O) groups excluding carboxylic acids is 3. The Morgan fingerprint density at radius 1 is 1.07 bits per heavy atom. The third kappa shape index (κ3) is 3.30. The Hall–Kier alpha value is -4.33. The second-order valence-corrected chi connectivity index (χ2v) is 6.67. The number of fused-ring (bicyclic) bond motifs is 1. The Morgan fingerprint density at radius 2 is 1.80 bits per heavy atom. The van der Waals surface area contributed by atoms with Crippen molar-refractivity contribution in [1.29, 1.82) is 0 Å². The number of benzene rings is 2. The molecule has 0 spiro atoms. The van der Waals surface area contributed by atoms with E-state index >= 15 is 0 Å². The number of ketones is 1. The summed E-state index contributed by atoms with van der Waals surface area (Å²) in [5.74, 6) is -1.52. The van der Waals surface area contributed by atoms with Crippen molar-refractivity contribution in [1.82, 2.24) is 0 Å². The van der Waals surface area contributed by atoms with Crippen LogP contribution in [-0.4, -0.2) is 29.9 Å². The number of azide groups is 2. The fourth-order valence-corrected chi connectivity index (χ4v) is 3.30. The molecule has 1 saturated carbocycles. The second-order valence-electron chi connectivity index (χ2n) is 6.67. The molecule has 2 aromatic carbocycles. The maximum Gasteiger partial charge on any atom is 0.274 e. The maximum absolute atomic E-state index is 13.1. The lowest BCUT2D eigenvalue weighted by molar-refractivity contribution is -0.126. The quantitative estimate of drug-likeness (QED) is 0.320. The average molecular weight is 403 g/mol. The Labute approximate surface area is 169 Å². The van der Waals surface area contributed by atoms with E-state index in [0.717, 1.165) is 12.8 Å². The van der Waals surface area contributed by atoms with Gasteiger partial charge in [-0.2, -0.15) is 0 Å². The number of anilines is 1. The van der Waals surface area contributed by atoms with Gasteiger partial charge in [0.2, 0.25) is 5.91 Å². The summed E-state index contributed by atoms with van der Waals surface area (Å²) in [5.41, 5.74) is 17.9. The first-order valence-electron chi connectivity index (χ1n) is 8.96. The number of hydrogen-bond acceptors (Lipinski definition) is 5. The van der Waals surface area contributed by atoms with Gasteiger partial charge in [-0.25, -0.2) is 0 Å². The molecular weight excluding hydrogens is 390 g/mol. The van der Waals surface area contributed by atoms with Crippen LogP contribution in [0, 0.1) is 0 Å². The minimum absolute atomic E-state index is 0.0205. The lowest BCUT2D eigenvalue weighted by atomic mass is 9.97. The largest absolute Gasteiger partial charge is 0.472 e. The van der Waals surface area contributed by atoms with Crippen LogP contribution in [0.3, 0.4) is 0 Å². The van der Waals surface area contributed by atoms with Crippen molar-refractivity contribution in [2.45, 2.75) is 25.1 Å². The Balaban J connectivity index is 1.76. The van der Waals surface area contributed by atoms with Crippen molar-refractivity contribution >= 4 is 23.3 Å². The third-order valence-corrected chi connectivity index (χ3v) is 4.77. The zero-order chi connectivity index (χ0) is 21.3. The molecule has 4 rings (SSSR count). The third-order valence-electron chi connectivity index (χ3n) is 4.77. The van der Waals surface area contributed by atoms with E-state index in [4.69, 9.17) is 15.8 Å². The lowest BCUT2D eigenvalue weighted by Crippen LogP contribution is -2.46. The molecule has 11 nitrogen and oxygen atoms in total. The van der Waals surface area contributed by atoms with Crippen LogP contribution in [0.25, 0.3) is 20.9 Å². The van der Waals surface area contributed by atoms with Crippen molar-refractivity contribution in [2.24, 2.45) is 10.2 Å². The van der Waals surface area contributed by atoms with Gasteiger partial charge in [0.15, 0.2) is 5.78 Å². The SMILES string of the molecule is [N-]=[N+]=NC(=O)c1ccccc1C(=O)c1ccc2c(c1)N(C1CC1)C(=O)C(N=[N+]=[N-])O2. The first-order chi connectivity index (χ1) is 14.5. The number of rotatable bonds is 5. The molecular formula is C19H13N7O4. The second kappa shape index (κ2) is 7.59. The molecule has 11 heteroatoms. The smallest absolute Gasteiger partial charge is 0.274 e. The Kier molecular flexibility index (Phi) is 4.81. The van der Waals surface area contributed by atoms with Crippen molar-refractivity contribution in [3.8, 4) is 5.75 Å². The molecule has 1 fully saturated rings. The zero-order valence-corrected chi connectivity index (χ0v) is 15.4. The van der Waals surface area contributed by atoms with E-state index in [1.54, 1.807) is 12.1 Å². The first-order valence-corrected chi connectivity index (χ1v) is 8.96. The number of nitrogens with zero attached hydrogens (tertiary/aromatic N) is 7. The average Bonchev–Trinajstić information content (AvgIpc) is 3.59. The van der Waals surface area contributed by atoms with E-state index in [2.05, 4.69) is 20.1 Å². The zero-order valence-electron chi connectivity index (χ0n) is 15.4. The number of amides is 2. The molecule has 1 heterocycles. The summed E-state index contributed by atoms with van der Waals surface area (Å²) < 4.78 is 5.49. The summed E-state index contributed by atoms with van der Waals surface area (Å²) in [4.78, 5) is 44.5. The molecule has 148 valence electrons. The van der Waals surface area contributed by atoms with Gasteiger partial charge in [0, 0.05) is 32.6 Å². The molecule has 0 radical (unpaired) electrons. The van der Waals surface area contributed by atoms with Crippen LogP contribution >= 0.6 is 0 Å². The van der Waals surface area contributed by atoms with Crippen molar-refractivity contribution in [3.05, 3.63) is 80.0 Å². The van der Waals surface area contributed by atoms with E-state index in [1.165, 1.54) is 35.2 Å². The Bertz CT molecular complexity index is 1180. The van der Waals surface area contributed by atoms with Crippen LogP contribution in [0.5, 0.6) is 5.75 Å². The van der Waals surface area contributed by atoms with Crippen LogP contribution in [0.1, 0.15) is 39.1 Å². The predicted molar refractivity (Wildman–Crippen MR) is 104 cm³/mol. The fourth-order valence-electron chi connectivity index (χ4n) is 3.30. The molecule has 1 aliphatic heterocycles. The highest BCUT2D eigenvalue weighted by Gasteiger charge is 2.42. The monoisotopic (exact) mass is 403 g/mol. The van der Waals surface area contributed by atoms with Crippen LogP contribution in [-0.2, 0) is 4.79 Å². The minimum Gasteiger partial charge on any atom is -0.472 e. The topological polar surface area (TPSA) is 161 Å². The van der Waals surface area contributed by atoms with Gasteiger partial charge in [0.1, 0.15) is 5.75 Å². The summed E-state index contributed by atoms with van der Waals surface area (Å²) >= 11 is 0. The van der Waals surface area contributed by atoms with Crippen LogP contribution in [0.4, 0.5) is 5.69 Å². The molecule has 0 bridgehead atoms. The van der Waals surface area contributed by atoms with E-state index in [1.807, 2.05) is 0 Å². The van der Waals surface area contributed by atoms with E-state index < -0.39 is 23.8 Å². The predicted octanol–water partition coefficient (Wildman–Crippen LogP) is 3.89. The summed E-state index contributed by atoms with van der Waals surface area (Å²) in [7, 11) is 0. The summed E-state index contributed by atoms with van der Waals surface area (Å²) in [6.07, 6.45) is 0.276. The number of carbonyl (C=O) groups is 3. The van der Waals surface area contributed by atoms with Gasteiger partial charge in [-0.3, -0.25) is 14.4 Å².